The van der Waals surface area contributed by atoms with E-state index in [-0.39, 0.29) is 11.3 Å². The summed E-state index contributed by atoms with van der Waals surface area (Å²) in [7, 11) is 4.13. The molecular formula is C32H37N7O2. The molecule has 1 fully saturated rings. The van der Waals surface area contributed by atoms with E-state index in [1.165, 1.54) is 6.42 Å². The number of aromatic nitrogens is 3. The highest BCUT2D eigenvalue weighted by atomic mass is 16.1. The topological polar surface area (TPSA) is 95.4 Å². The monoisotopic (exact) mass is 551 g/mol. The Morgan fingerprint density at radius 3 is 2.49 bits per heavy atom. The molecule has 0 bridgehead atoms. The van der Waals surface area contributed by atoms with Crippen LogP contribution in [0.4, 0.5) is 23.0 Å². The van der Waals surface area contributed by atoms with Gasteiger partial charge in [-0.2, -0.15) is 4.98 Å². The summed E-state index contributed by atoms with van der Waals surface area (Å²) in [5.41, 5.74) is 3.41. The molecule has 41 heavy (non-hydrogen) atoms. The summed E-state index contributed by atoms with van der Waals surface area (Å²) in [5, 5.41) is 7.62. The Morgan fingerprint density at radius 1 is 1.00 bits per heavy atom. The Labute approximate surface area is 240 Å². The van der Waals surface area contributed by atoms with Crippen molar-refractivity contribution in [2.75, 3.05) is 42.7 Å². The fourth-order valence-corrected chi connectivity index (χ4v) is 6.23. The van der Waals surface area contributed by atoms with Crippen molar-refractivity contribution in [2.24, 2.45) is 0 Å². The summed E-state index contributed by atoms with van der Waals surface area (Å²) in [5.74, 6) is 0.261. The normalized spacial score (nSPS) is 20.6. The first-order chi connectivity index (χ1) is 19.6. The van der Waals surface area contributed by atoms with Gasteiger partial charge in [-0.25, -0.2) is 4.98 Å². The lowest BCUT2D eigenvalue weighted by Crippen LogP contribution is -2.56. The molecule has 0 spiro atoms. The molecule has 4 heterocycles. The highest BCUT2D eigenvalue weighted by Crippen LogP contribution is 2.42. The van der Waals surface area contributed by atoms with E-state index in [1.54, 1.807) is 23.8 Å². The van der Waals surface area contributed by atoms with Crippen LogP contribution >= 0.6 is 0 Å². The molecule has 4 aromatic rings. The standard InChI is InChI=1S/C32H37N7O2/c1-20-17-21-18-33-31(35-23-14-12-22(13-15-23)34-24-9-8-16-37(4)19-24)36-29(21)39(30(20)41)28-27(40)25-10-6-7-11-26(25)38(5)32(28,2)3/h6-7,10-15,17-18,24,28,34H,8-9,16,19H2,1-5H3,(H,33,35,36). The van der Waals surface area contributed by atoms with E-state index in [2.05, 4.69) is 32.5 Å². The van der Waals surface area contributed by atoms with Crippen LogP contribution in [0.2, 0.25) is 0 Å². The van der Waals surface area contributed by atoms with E-state index in [4.69, 9.17) is 4.98 Å². The van der Waals surface area contributed by atoms with Gasteiger partial charge < -0.3 is 20.4 Å². The van der Waals surface area contributed by atoms with Crippen LogP contribution in [-0.2, 0) is 0 Å². The Balaban J connectivity index is 1.35. The lowest BCUT2D eigenvalue weighted by atomic mass is 9.81. The van der Waals surface area contributed by atoms with Crippen molar-refractivity contribution in [3.63, 3.8) is 0 Å². The number of rotatable bonds is 5. The molecule has 2 N–H and O–H groups in total. The van der Waals surface area contributed by atoms with Crippen LogP contribution < -0.4 is 21.1 Å². The molecule has 2 unspecified atom stereocenters. The quantitative estimate of drug-likeness (QED) is 0.358. The van der Waals surface area contributed by atoms with Gasteiger partial charge >= 0.3 is 0 Å². The molecule has 9 nitrogen and oxygen atoms in total. The average molecular weight is 552 g/mol. The van der Waals surface area contributed by atoms with Gasteiger partial charge in [-0.1, -0.05) is 12.1 Å². The van der Waals surface area contributed by atoms with E-state index >= 15 is 0 Å². The fourth-order valence-electron chi connectivity index (χ4n) is 6.23. The third-order valence-corrected chi connectivity index (χ3v) is 8.66. The molecule has 2 aliphatic rings. The second-order valence-corrected chi connectivity index (χ2v) is 11.9. The third kappa shape index (κ3) is 4.84. The van der Waals surface area contributed by atoms with Crippen LogP contribution in [0.5, 0.6) is 0 Å². The number of fused-ring (bicyclic) bond motifs is 2. The Bertz CT molecular complexity index is 1680. The number of pyridine rings is 1. The number of aryl methyl sites for hydroxylation is 1. The maximum atomic E-state index is 14.0. The van der Waals surface area contributed by atoms with Crippen molar-refractivity contribution in [2.45, 2.75) is 51.2 Å². The summed E-state index contributed by atoms with van der Waals surface area (Å²) >= 11 is 0. The summed E-state index contributed by atoms with van der Waals surface area (Å²) < 4.78 is 1.57. The third-order valence-electron chi connectivity index (χ3n) is 8.66. The second-order valence-electron chi connectivity index (χ2n) is 11.9. The first kappa shape index (κ1) is 27.0. The summed E-state index contributed by atoms with van der Waals surface area (Å²) in [6, 6.07) is 17.1. The minimum absolute atomic E-state index is 0.0990. The summed E-state index contributed by atoms with van der Waals surface area (Å²) in [6.07, 6.45) is 4.07. The zero-order valence-electron chi connectivity index (χ0n) is 24.3. The van der Waals surface area contributed by atoms with Gasteiger partial charge in [0, 0.05) is 59.4 Å². The van der Waals surface area contributed by atoms with Crippen molar-refractivity contribution >= 4 is 39.8 Å². The van der Waals surface area contributed by atoms with Gasteiger partial charge in [0.25, 0.3) is 5.56 Å². The van der Waals surface area contributed by atoms with E-state index in [0.29, 0.717) is 34.2 Å². The van der Waals surface area contributed by atoms with E-state index in [1.807, 2.05) is 69.4 Å². The number of likely N-dealkylation sites (tertiary alicyclic amines) is 1. The number of benzene rings is 2. The second kappa shape index (κ2) is 10.3. The molecule has 212 valence electrons. The number of carbonyl (C=O) groups is 1. The van der Waals surface area contributed by atoms with Gasteiger partial charge in [-0.15, -0.1) is 0 Å². The Kier molecular flexibility index (Phi) is 6.77. The number of carbonyl (C=O) groups excluding carboxylic acids is 1. The Hall–Kier alpha value is -4.24. The predicted molar refractivity (Wildman–Crippen MR) is 165 cm³/mol. The van der Waals surface area contributed by atoms with Crippen LogP contribution in [0, 0.1) is 6.92 Å². The smallest absolute Gasteiger partial charge is 0.255 e. The molecule has 6 rings (SSSR count). The number of hydrogen-bond donors (Lipinski definition) is 2. The predicted octanol–water partition coefficient (Wildman–Crippen LogP) is 5.00. The molecule has 0 aliphatic carbocycles. The van der Waals surface area contributed by atoms with Crippen molar-refractivity contribution in [3.8, 4) is 0 Å². The lowest BCUT2D eigenvalue weighted by molar-refractivity contribution is 0.0859. The number of piperidine rings is 1. The zero-order chi connectivity index (χ0) is 28.9. The number of anilines is 4. The van der Waals surface area contributed by atoms with Crippen molar-refractivity contribution < 1.29 is 4.79 Å². The van der Waals surface area contributed by atoms with Gasteiger partial charge in [0.1, 0.15) is 11.7 Å². The number of likely N-dealkylation sites (N-methyl/N-ethyl adjacent to an activating group) is 2. The molecular weight excluding hydrogens is 514 g/mol. The highest BCUT2D eigenvalue weighted by Gasteiger charge is 2.47. The maximum Gasteiger partial charge on any atom is 0.255 e. The average Bonchev–Trinajstić information content (AvgIpc) is 2.95. The van der Waals surface area contributed by atoms with Crippen molar-refractivity contribution in [1.82, 2.24) is 19.4 Å². The van der Waals surface area contributed by atoms with Crippen LogP contribution in [0.1, 0.15) is 48.7 Å². The van der Waals surface area contributed by atoms with Crippen LogP contribution in [0.25, 0.3) is 11.0 Å². The van der Waals surface area contributed by atoms with Gasteiger partial charge in [-0.05, 0) is 89.7 Å². The number of ketones is 1. The summed E-state index contributed by atoms with van der Waals surface area (Å²) in [6.45, 7) is 7.94. The largest absolute Gasteiger partial charge is 0.381 e. The fraction of sp³-hybridized carbons (Fsp3) is 0.375. The molecule has 2 atom stereocenters. The van der Waals surface area contributed by atoms with Crippen LogP contribution in [0.3, 0.4) is 0 Å². The molecule has 2 aliphatic heterocycles. The van der Waals surface area contributed by atoms with Crippen molar-refractivity contribution in [3.05, 3.63) is 82.3 Å². The summed E-state index contributed by atoms with van der Waals surface area (Å²) in [4.78, 5) is 41.5. The number of nitrogens with one attached hydrogen (secondary N) is 2. The number of Topliss-reactive ketones (excluding diaryl/α,β-unsaturated/α-hetero) is 1. The van der Waals surface area contributed by atoms with Gasteiger partial charge in [0.15, 0.2) is 5.78 Å². The lowest BCUT2D eigenvalue weighted by Gasteiger charge is -2.47. The SMILES string of the molecule is Cc1cc2cnc(Nc3ccc(NC4CCCN(C)C4)cc3)nc2n(C2C(=O)c3ccccc3N(C)C2(C)C)c1=O. The van der Waals surface area contributed by atoms with Gasteiger partial charge in [-0.3, -0.25) is 14.2 Å². The highest BCUT2D eigenvalue weighted by molar-refractivity contribution is 6.07. The number of para-hydroxylation sites is 1. The molecule has 1 saturated heterocycles. The molecule has 9 heteroatoms. The Morgan fingerprint density at radius 2 is 1.73 bits per heavy atom. The van der Waals surface area contributed by atoms with E-state index < -0.39 is 11.6 Å². The molecule has 2 aromatic carbocycles. The minimum atomic E-state index is -0.774. The molecule has 2 aromatic heterocycles. The molecule has 0 radical (unpaired) electrons. The van der Waals surface area contributed by atoms with E-state index in [9.17, 15) is 9.59 Å². The minimum Gasteiger partial charge on any atom is -0.381 e. The van der Waals surface area contributed by atoms with Crippen LogP contribution in [-0.4, -0.2) is 64.0 Å². The first-order valence-corrected chi connectivity index (χ1v) is 14.2. The maximum absolute atomic E-state index is 14.0. The zero-order valence-corrected chi connectivity index (χ0v) is 24.3. The van der Waals surface area contributed by atoms with Gasteiger partial charge in [0.2, 0.25) is 5.95 Å². The van der Waals surface area contributed by atoms with Gasteiger partial charge in [0.05, 0.1) is 5.54 Å². The molecule has 0 saturated carbocycles. The number of hydrogen-bond acceptors (Lipinski definition) is 8. The van der Waals surface area contributed by atoms with Crippen molar-refractivity contribution in [1.29, 1.82) is 0 Å². The molecule has 0 amide bonds. The number of nitrogens with zero attached hydrogens (tertiary/aromatic N) is 5. The van der Waals surface area contributed by atoms with Crippen LogP contribution in [0.15, 0.2) is 65.6 Å². The first-order valence-electron chi connectivity index (χ1n) is 14.2. The van der Waals surface area contributed by atoms with E-state index in [0.717, 1.165) is 36.6 Å².